The first-order valence-corrected chi connectivity index (χ1v) is 8.65. The molecule has 2 aromatic carbocycles. The number of anilines is 2. The molecule has 4 nitrogen and oxygen atoms in total. The highest BCUT2D eigenvalue weighted by Crippen LogP contribution is 2.32. The predicted octanol–water partition coefficient (Wildman–Crippen LogP) is 4.05. The van der Waals surface area contributed by atoms with Gasteiger partial charge in [0.05, 0.1) is 17.3 Å². The van der Waals surface area contributed by atoms with Gasteiger partial charge in [-0.25, -0.2) is 4.98 Å². The second-order valence-corrected chi connectivity index (χ2v) is 6.65. The minimum absolute atomic E-state index is 0. The molecule has 0 radical (unpaired) electrons. The second kappa shape index (κ2) is 7.28. The quantitative estimate of drug-likeness (QED) is 0.703. The second-order valence-electron chi connectivity index (χ2n) is 5.64. The third kappa shape index (κ3) is 3.28. The summed E-state index contributed by atoms with van der Waals surface area (Å²) in [5.74, 6) is 0.890. The molecule has 24 heavy (non-hydrogen) atoms. The summed E-state index contributed by atoms with van der Waals surface area (Å²) in [7, 11) is 1.70. The first-order chi connectivity index (χ1) is 11.3. The number of hydrogen-bond acceptors (Lipinski definition) is 5. The van der Waals surface area contributed by atoms with Gasteiger partial charge in [-0.15, -0.1) is 12.4 Å². The summed E-state index contributed by atoms with van der Waals surface area (Å²) in [6, 6.07) is 16.7. The molecule has 126 valence electrons. The number of nitrogens with zero attached hydrogens (tertiary/aromatic N) is 3. The lowest BCUT2D eigenvalue weighted by atomic mass is 10.2. The van der Waals surface area contributed by atoms with Crippen molar-refractivity contribution in [3.8, 4) is 5.75 Å². The van der Waals surface area contributed by atoms with Crippen LogP contribution in [0.25, 0.3) is 10.2 Å². The molecule has 3 aromatic rings. The summed E-state index contributed by atoms with van der Waals surface area (Å²) in [5.41, 5.74) is 2.36. The van der Waals surface area contributed by atoms with E-state index in [9.17, 15) is 0 Å². The van der Waals surface area contributed by atoms with Gasteiger partial charge < -0.3 is 14.5 Å². The Morgan fingerprint density at radius 3 is 2.38 bits per heavy atom. The van der Waals surface area contributed by atoms with Gasteiger partial charge in [0.15, 0.2) is 5.13 Å². The fourth-order valence-electron chi connectivity index (χ4n) is 2.95. The number of para-hydroxylation sites is 1. The Bertz CT molecular complexity index is 800. The number of aromatic nitrogens is 1. The largest absolute Gasteiger partial charge is 0.497 e. The van der Waals surface area contributed by atoms with Crippen molar-refractivity contribution < 1.29 is 4.74 Å². The third-order valence-corrected chi connectivity index (χ3v) is 5.33. The number of benzene rings is 2. The number of hydrogen-bond donors (Lipinski definition) is 0. The summed E-state index contributed by atoms with van der Waals surface area (Å²) in [6.45, 7) is 4.07. The van der Waals surface area contributed by atoms with E-state index < -0.39 is 0 Å². The van der Waals surface area contributed by atoms with Crippen molar-refractivity contribution in [3.63, 3.8) is 0 Å². The molecule has 1 saturated heterocycles. The van der Waals surface area contributed by atoms with Gasteiger partial charge in [-0.3, -0.25) is 0 Å². The zero-order valence-electron chi connectivity index (χ0n) is 13.5. The Labute approximate surface area is 152 Å². The first kappa shape index (κ1) is 16.9. The van der Waals surface area contributed by atoms with Crippen LogP contribution < -0.4 is 14.5 Å². The summed E-state index contributed by atoms with van der Waals surface area (Å²) in [6.07, 6.45) is 0. The summed E-state index contributed by atoms with van der Waals surface area (Å²) >= 11 is 1.75. The highest BCUT2D eigenvalue weighted by molar-refractivity contribution is 7.22. The number of rotatable bonds is 3. The van der Waals surface area contributed by atoms with Gasteiger partial charge in [0.1, 0.15) is 5.75 Å². The minimum atomic E-state index is 0. The zero-order chi connectivity index (χ0) is 15.6. The molecule has 0 atom stereocenters. The maximum Gasteiger partial charge on any atom is 0.186 e. The van der Waals surface area contributed by atoms with Crippen molar-refractivity contribution in [2.24, 2.45) is 0 Å². The van der Waals surface area contributed by atoms with Crippen molar-refractivity contribution in [2.45, 2.75) is 0 Å². The highest BCUT2D eigenvalue weighted by Gasteiger charge is 2.20. The molecule has 1 aliphatic heterocycles. The third-order valence-electron chi connectivity index (χ3n) is 4.26. The fraction of sp³-hybridized carbons (Fsp3) is 0.278. The lowest BCUT2D eigenvalue weighted by molar-refractivity contribution is 0.415. The Kier molecular flexibility index (Phi) is 5.11. The van der Waals surface area contributed by atoms with E-state index in [-0.39, 0.29) is 12.4 Å². The first-order valence-electron chi connectivity index (χ1n) is 7.83. The van der Waals surface area contributed by atoms with Crippen LogP contribution in [-0.2, 0) is 0 Å². The number of thiazole rings is 1. The molecule has 6 heteroatoms. The zero-order valence-corrected chi connectivity index (χ0v) is 15.1. The van der Waals surface area contributed by atoms with Crippen LogP contribution in [-0.4, -0.2) is 38.3 Å². The van der Waals surface area contributed by atoms with Crippen molar-refractivity contribution in [1.82, 2.24) is 4.98 Å². The molecule has 0 aliphatic carbocycles. The van der Waals surface area contributed by atoms with Crippen LogP contribution in [0.1, 0.15) is 0 Å². The van der Waals surface area contributed by atoms with Gasteiger partial charge >= 0.3 is 0 Å². The van der Waals surface area contributed by atoms with E-state index in [1.165, 1.54) is 10.4 Å². The van der Waals surface area contributed by atoms with Crippen molar-refractivity contribution in [3.05, 3.63) is 48.5 Å². The molecular formula is C18H20ClN3OS. The molecule has 1 aromatic heterocycles. The van der Waals surface area contributed by atoms with Gasteiger partial charge in [0.25, 0.3) is 0 Å². The summed E-state index contributed by atoms with van der Waals surface area (Å²) < 4.78 is 6.48. The number of halogens is 1. The van der Waals surface area contributed by atoms with E-state index in [2.05, 4.69) is 46.2 Å². The van der Waals surface area contributed by atoms with Crippen molar-refractivity contribution >= 4 is 44.8 Å². The maximum absolute atomic E-state index is 5.30. The highest BCUT2D eigenvalue weighted by atomic mass is 35.5. The van der Waals surface area contributed by atoms with Crippen LogP contribution in [0, 0.1) is 0 Å². The molecule has 1 aliphatic rings. The van der Waals surface area contributed by atoms with E-state index in [0.29, 0.717) is 0 Å². The fourth-order valence-corrected chi connectivity index (χ4v) is 4.00. The maximum atomic E-state index is 5.30. The van der Waals surface area contributed by atoms with Crippen molar-refractivity contribution in [2.75, 3.05) is 43.1 Å². The van der Waals surface area contributed by atoms with E-state index in [1.807, 2.05) is 12.1 Å². The van der Waals surface area contributed by atoms with Gasteiger partial charge in [-0.05, 0) is 30.3 Å². The van der Waals surface area contributed by atoms with E-state index in [0.717, 1.165) is 42.6 Å². The number of piperazine rings is 1. The van der Waals surface area contributed by atoms with Crippen LogP contribution in [0.3, 0.4) is 0 Å². The molecule has 0 amide bonds. The van der Waals surface area contributed by atoms with E-state index in [1.54, 1.807) is 18.4 Å². The average Bonchev–Trinajstić information content (AvgIpc) is 3.05. The summed E-state index contributed by atoms with van der Waals surface area (Å²) in [5, 5.41) is 1.11. The molecule has 2 heterocycles. The SMILES string of the molecule is COc1ccc2nc(N3CCN(c4ccccc4)CC3)sc2c1.Cl. The Hall–Kier alpha value is -1.98. The molecule has 0 saturated carbocycles. The summed E-state index contributed by atoms with van der Waals surface area (Å²) in [4.78, 5) is 9.60. The lowest BCUT2D eigenvalue weighted by Crippen LogP contribution is -2.46. The normalized spacial score (nSPS) is 14.5. The molecular weight excluding hydrogens is 342 g/mol. The van der Waals surface area contributed by atoms with E-state index >= 15 is 0 Å². The van der Waals surface area contributed by atoms with Crippen LogP contribution in [0.15, 0.2) is 48.5 Å². The standard InChI is InChI=1S/C18H19N3OS.ClH/c1-22-15-7-8-16-17(13-15)23-18(19-16)21-11-9-20(10-12-21)14-5-3-2-4-6-14;/h2-8,13H,9-12H2,1H3;1H. The van der Waals surface area contributed by atoms with Gasteiger partial charge in [0.2, 0.25) is 0 Å². The number of ether oxygens (including phenoxy) is 1. The van der Waals surface area contributed by atoms with Crippen LogP contribution in [0.2, 0.25) is 0 Å². The topological polar surface area (TPSA) is 28.6 Å². The average molecular weight is 362 g/mol. The van der Waals surface area contributed by atoms with Gasteiger partial charge in [-0.1, -0.05) is 29.5 Å². The Balaban J connectivity index is 0.00000169. The van der Waals surface area contributed by atoms with Gasteiger partial charge in [0, 0.05) is 31.9 Å². The van der Waals surface area contributed by atoms with Crippen LogP contribution >= 0.6 is 23.7 Å². The molecule has 0 spiro atoms. The molecule has 4 rings (SSSR count). The molecule has 1 fully saturated rings. The Morgan fingerprint density at radius 2 is 1.67 bits per heavy atom. The number of methoxy groups -OCH3 is 1. The number of fused-ring (bicyclic) bond motifs is 1. The van der Waals surface area contributed by atoms with Crippen LogP contribution in [0.5, 0.6) is 5.75 Å². The smallest absolute Gasteiger partial charge is 0.186 e. The molecule has 0 unspecified atom stereocenters. The Morgan fingerprint density at radius 1 is 0.958 bits per heavy atom. The molecule has 0 N–H and O–H groups in total. The predicted molar refractivity (Wildman–Crippen MR) is 104 cm³/mol. The lowest BCUT2D eigenvalue weighted by Gasteiger charge is -2.35. The molecule has 0 bridgehead atoms. The van der Waals surface area contributed by atoms with E-state index in [4.69, 9.17) is 9.72 Å². The van der Waals surface area contributed by atoms with Gasteiger partial charge in [-0.2, -0.15) is 0 Å². The van der Waals surface area contributed by atoms with Crippen LogP contribution in [0.4, 0.5) is 10.8 Å². The van der Waals surface area contributed by atoms with Crippen molar-refractivity contribution in [1.29, 1.82) is 0 Å². The minimum Gasteiger partial charge on any atom is -0.497 e. The monoisotopic (exact) mass is 361 g/mol.